The highest BCUT2D eigenvalue weighted by Gasteiger charge is 2.10. The van der Waals surface area contributed by atoms with E-state index in [4.69, 9.17) is 10.5 Å². The lowest BCUT2D eigenvalue weighted by Gasteiger charge is -2.10. The summed E-state index contributed by atoms with van der Waals surface area (Å²) in [6.07, 6.45) is 1.43. The van der Waals surface area contributed by atoms with Crippen molar-refractivity contribution in [1.82, 2.24) is 5.32 Å². The molecule has 3 N–H and O–H groups in total. The summed E-state index contributed by atoms with van der Waals surface area (Å²) in [5.74, 6) is -0.113. The van der Waals surface area contributed by atoms with E-state index in [1.165, 1.54) is 0 Å². The lowest BCUT2D eigenvalue weighted by Crippen LogP contribution is -2.30. The van der Waals surface area contributed by atoms with Gasteiger partial charge >= 0.3 is 5.97 Å². The number of rotatable bonds is 7. The SMILES string of the molecule is CCOC(=O)CCC(C)CC(=O)NCN. The van der Waals surface area contributed by atoms with Crippen LogP contribution in [0.15, 0.2) is 0 Å². The Morgan fingerprint density at radius 3 is 2.67 bits per heavy atom. The molecule has 0 aromatic heterocycles. The average Bonchev–Trinajstić information content (AvgIpc) is 2.15. The fourth-order valence-electron chi connectivity index (χ4n) is 1.20. The van der Waals surface area contributed by atoms with E-state index in [0.29, 0.717) is 25.9 Å². The third-order valence-corrected chi connectivity index (χ3v) is 1.98. The minimum atomic E-state index is -0.205. The summed E-state index contributed by atoms with van der Waals surface area (Å²) in [6.45, 7) is 4.26. The van der Waals surface area contributed by atoms with Gasteiger partial charge in [0, 0.05) is 12.8 Å². The molecule has 5 nitrogen and oxygen atoms in total. The molecular formula is C10H20N2O3. The quantitative estimate of drug-likeness (QED) is 0.476. The van der Waals surface area contributed by atoms with Gasteiger partial charge in [-0.2, -0.15) is 0 Å². The Hall–Kier alpha value is -1.10. The van der Waals surface area contributed by atoms with Gasteiger partial charge in [-0.1, -0.05) is 6.92 Å². The van der Waals surface area contributed by atoms with Crippen LogP contribution in [0.4, 0.5) is 0 Å². The van der Waals surface area contributed by atoms with Crippen molar-refractivity contribution in [3.8, 4) is 0 Å². The van der Waals surface area contributed by atoms with Crippen molar-refractivity contribution in [2.75, 3.05) is 13.3 Å². The first kappa shape index (κ1) is 13.9. The van der Waals surface area contributed by atoms with Crippen molar-refractivity contribution < 1.29 is 14.3 Å². The second-order valence-electron chi connectivity index (χ2n) is 3.46. The standard InChI is InChI=1S/C10H20N2O3/c1-3-15-10(14)5-4-8(2)6-9(13)12-7-11/h8H,3-7,11H2,1-2H3,(H,12,13). The van der Waals surface area contributed by atoms with Crippen molar-refractivity contribution in [3.05, 3.63) is 0 Å². The molecule has 15 heavy (non-hydrogen) atoms. The van der Waals surface area contributed by atoms with E-state index in [1.807, 2.05) is 6.92 Å². The summed E-state index contributed by atoms with van der Waals surface area (Å²) in [5, 5.41) is 2.51. The molecule has 0 heterocycles. The summed E-state index contributed by atoms with van der Waals surface area (Å²) in [7, 11) is 0. The van der Waals surface area contributed by atoms with Crippen LogP contribution in [0.25, 0.3) is 0 Å². The van der Waals surface area contributed by atoms with E-state index in [2.05, 4.69) is 5.32 Å². The van der Waals surface area contributed by atoms with Gasteiger partial charge in [0.1, 0.15) is 0 Å². The zero-order valence-electron chi connectivity index (χ0n) is 9.41. The summed E-state index contributed by atoms with van der Waals surface area (Å²) in [5.41, 5.74) is 5.16. The van der Waals surface area contributed by atoms with E-state index in [1.54, 1.807) is 6.92 Å². The Morgan fingerprint density at radius 1 is 1.47 bits per heavy atom. The lowest BCUT2D eigenvalue weighted by atomic mass is 10.0. The maximum absolute atomic E-state index is 11.1. The molecule has 88 valence electrons. The van der Waals surface area contributed by atoms with E-state index in [9.17, 15) is 9.59 Å². The van der Waals surface area contributed by atoms with Crippen LogP contribution < -0.4 is 11.1 Å². The molecule has 0 saturated heterocycles. The van der Waals surface area contributed by atoms with Crippen LogP contribution in [0.2, 0.25) is 0 Å². The topological polar surface area (TPSA) is 81.4 Å². The number of esters is 1. The van der Waals surface area contributed by atoms with E-state index in [0.717, 1.165) is 0 Å². The average molecular weight is 216 g/mol. The monoisotopic (exact) mass is 216 g/mol. The summed E-state index contributed by atoms with van der Waals surface area (Å²) < 4.78 is 4.79. The number of hydrogen-bond donors (Lipinski definition) is 2. The van der Waals surface area contributed by atoms with Gasteiger partial charge in [-0.15, -0.1) is 0 Å². The predicted molar refractivity (Wildman–Crippen MR) is 56.8 cm³/mol. The Balaban J connectivity index is 3.60. The molecule has 0 aromatic rings. The van der Waals surface area contributed by atoms with E-state index >= 15 is 0 Å². The number of carbonyl (C=O) groups excluding carboxylic acids is 2. The zero-order chi connectivity index (χ0) is 11.7. The zero-order valence-corrected chi connectivity index (χ0v) is 9.41. The Bertz CT molecular complexity index is 207. The molecule has 0 aliphatic rings. The van der Waals surface area contributed by atoms with Gasteiger partial charge in [0.05, 0.1) is 13.3 Å². The molecule has 0 radical (unpaired) electrons. The van der Waals surface area contributed by atoms with Gasteiger partial charge in [0.2, 0.25) is 5.91 Å². The van der Waals surface area contributed by atoms with Crippen LogP contribution in [0.5, 0.6) is 0 Å². The third kappa shape index (κ3) is 7.93. The van der Waals surface area contributed by atoms with Crippen LogP contribution in [0.3, 0.4) is 0 Å². The summed E-state index contributed by atoms with van der Waals surface area (Å²) in [6, 6.07) is 0. The maximum Gasteiger partial charge on any atom is 0.305 e. The van der Waals surface area contributed by atoms with E-state index in [-0.39, 0.29) is 24.5 Å². The molecule has 1 amide bonds. The van der Waals surface area contributed by atoms with Gasteiger partial charge in [0.15, 0.2) is 0 Å². The molecule has 5 heteroatoms. The largest absolute Gasteiger partial charge is 0.466 e. The number of carbonyl (C=O) groups is 2. The first-order chi connectivity index (χ1) is 7.10. The van der Waals surface area contributed by atoms with Crippen LogP contribution in [-0.4, -0.2) is 25.2 Å². The number of amides is 1. The minimum absolute atomic E-state index is 0.0751. The molecule has 0 saturated carbocycles. The molecule has 1 atom stereocenters. The van der Waals surface area contributed by atoms with E-state index < -0.39 is 0 Å². The third-order valence-electron chi connectivity index (χ3n) is 1.98. The van der Waals surface area contributed by atoms with Crippen LogP contribution in [0, 0.1) is 5.92 Å². The number of nitrogens with two attached hydrogens (primary N) is 1. The van der Waals surface area contributed by atoms with Crippen molar-refractivity contribution in [2.24, 2.45) is 11.7 Å². The first-order valence-corrected chi connectivity index (χ1v) is 5.22. The first-order valence-electron chi connectivity index (χ1n) is 5.22. The number of ether oxygens (including phenoxy) is 1. The van der Waals surface area contributed by atoms with Crippen molar-refractivity contribution in [2.45, 2.75) is 33.1 Å². The van der Waals surface area contributed by atoms with Crippen molar-refractivity contribution in [1.29, 1.82) is 0 Å². The fraction of sp³-hybridized carbons (Fsp3) is 0.800. The normalized spacial score (nSPS) is 11.9. The highest BCUT2D eigenvalue weighted by atomic mass is 16.5. The van der Waals surface area contributed by atoms with Crippen molar-refractivity contribution in [3.63, 3.8) is 0 Å². The maximum atomic E-state index is 11.1. The molecule has 1 unspecified atom stereocenters. The smallest absolute Gasteiger partial charge is 0.305 e. The van der Waals surface area contributed by atoms with Gasteiger partial charge < -0.3 is 15.8 Å². The molecular weight excluding hydrogens is 196 g/mol. The Labute approximate surface area is 90.4 Å². The fourth-order valence-corrected chi connectivity index (χ4v) is 1.20. The lowest BCUT2D eigenvalue weighted by molar-refractivity contribution is -0.143. The van der Waals surface area contributed by atoms with Crippen LogP contribution in [0.1, 0.15) is 33.1 Å². The Kier molecular flexibility index (Phi) is 7.62. The minimum Gasteiger partial charge on any atom is -0.466 e. The molecule has 0 bridgehead atoms. The van der Waals surface area contributed by atoms with Gasteiger partial charge in [0.25, 0.3) is 0 Å². The van der Waals surface area contributed by atoms with Crippen molar-refractivity contribution >= 4 is 11.9 Å². The number of nitrogens with one attached hydrogen (secondary N) is 1. The molecule has 0 aliphatic carbocycles. The second-order valence-corrected chi connectivity index (χ2v) is 3.46. The van der Waals surface area contributed by atoms with Crippen LogP contribution >= 0.6 is 0 Å². The Morgan fingerprint density at radius 2 is 2.13 bits per heavy atom. The highest BCUT2D eigenvalue weighted by Crippen LogP contribution is 2.10. The highest BCUT2D eigenvalue weighted by molar-refractivity contribution is 5.76. The molecule has 0 rings (SSSR count). The van der Waals surface area contributed by atoms with Crippen LogP contribution in [-0.2, 0) is 14.3 Å². The van der Waals surface area contributed by atoms with Gasteiger partial charge in [-0.05, 0) is 19.3 Å². The van der Waals surface area contributed by atoms with Gasteiger partial charge in [-0.3, -0.25) is 9.59 Å². The molecule has 0 fully saturated rings. The summed E-state index contributed by atoms with van der Waals surface area (Å²) >= 11 is 0. The molecule has 0 aliphatic heterocycles. The summed E-state index contributed by atoms with van der Waals surface area (Å²) in [4.78, 5) is 22.1. The molecule has 0 spiro atoms. The molecule has 0 aromatic carbocycles. The second kappa shape index (κ2) is 8.23. The number of hydrogen-bond acceptors (Lipinski definition) is 4. The predicted octanol–water partition coefficient (Wildman–Crippen LogP) is 0.388. The van der Waals surface area contributed by atoms with Gasteiger partial charge in [-0.25, -0.2) is 0 Å².